The van der Waals surface area contributed by atoms with Crippen LogP contribution in [-0.2, 0) is 0 Å². The van der Waals surface area contributed by atoms with Gasteiger partial charge in [-0.05, 0) is 32.0 Å². The van der Waals surface area contributed by atoms with Crippen molar-refractivity contribution in [2.45, 2.75) is 19.9 Å². The van der Waals surface area contributed by atoms with Crippen LogP contribution in [0.3, 0.4) is 0 Å². The summed E-state index contributed by atoms with van der Waals surface area (Å²) >= 11 is 0. The third kappa shape index (κ3) is 2.79. The Bertz CT molecular complexity index is 366. The Morgan fingerprint density at radius 2 is 2.19 bits per heavy atom. The monoisotopic (exact) mass is 225 g/mol. The molecule has 0 amide bonds. The normalized spacial score (nSPS) is 10.6. The molecule has 88 valence electrons. The van der Waals surface area contributed by atoms with Gasteiger partial charge in [0, 0.05) is 23.8 Å². The molecule has 0 aliphatic carbocycles. The largest absolute Gasteiger partial charge is 0.395 e. The second-order valence-corrected chi connectivity index (χ2v) is 3.83. The maximum atomic E-state index is 13.0. The Morgan fingerprint density at radius 3 is 2.69 bits per heavy atom. The number of aliphatic hydroxyl groups is 1. The van der Waals surface area contributed by atoms with Crippen molar-refractivity contribution < 1.29 is 14.3 Å². The van der Waals surface area contributed by atoms with Crippen LogP contribution in [0.1, 0.15) is 24.2 Å². The Kier molecular flexibility index (Phi) is 4.43. The van der Waals surface area contributed by atoms with Crippen molar-refractivity contribution in [3.8, 4) is 0 Å². The predicted molar refractivity (Wildman–Crippen MR) is 61.4 cm³/mol. The summed E-state index contributed by atoms with van der Waals surface area (Å²) in [5, 5.41) is 8.96. The predicted octanol–water partition coefficient (Wildman–Crippen LogP) is 1.85. The summed E-state index contributed by atoms with van der Waals surface area (Å²) in [5.74, 6) is -0.432. The van der Waals surface area contributed by atoms with E-state index in [1.54, 1.807) is 6.07 Å². The molecule has 16 heavy (non-hydrogen) atoms. The van der Waals surface area contributed by atoms with E-state index in [1.807, 2.05) is 18.7 Å². The zero-order chi connectivity index (χ0) is 12.1. The SMILES string of the molecule is CC(C)N(CCO)c1ccc(F)cc1C=O. The van der Waals surface area contributed by atoms with Gasteiger partial charge in [0.05, 0.1) is 6.61 Å². The molecule has 0 aromatic heterocycles. The molecule has 0 heterocycles. The third-order valence-corrected chi connectivity index (χ3v) is 2.39. The molecule has 3 nitrogen and oxygen atoms in total. The number of hydrogen-bond donors (Lipinski definition) is 1. The second-order valence-electron chi connectivity index (χ2n) is 3.83. The molecule has 0 bridgehead atoms. The molecule has 0 atom stereocenters. The van der Waals surface area contributed by atoms with E-state index in [0.29, 0.717) is 24.1 Å². The van der Waals surface area contributed by atoms with E-state index in [0.717, 1.165) is 0 Å². The zero-order valence-corrected chi connectivity index (χ0v) is 9.48. The summed E-state index contributed by atoms with van der Waals surface area (Å²) in [7, 11) is 0. The summed E-state index contributed by atoms with van der Waals surface area (Å²) < 4.78 is 13.0. The molecule has 0 radical (unpaired) electrons. The number of carbonyl (C=O) groups is 1. The number of hydrogen-bond acceptors (Lipinski definition) is 3. The molecule has 0 saturated heterocycles. The first kappa shape index (κ1) is 12.6. The molecule has 1 aromatic carbocycles. The quantitative estimate of drug-likeness (QED) is 0.777. The Hall–Kier alpha value is -1.42. The lowest BCUT2D eigenvalue weighted by Gasteiger charge is -2.29. The number of carbonyl (C=O) groups excluding carboxylic acids is 1. The molecule has 0 unspecified atom stereocenters. The zero-order valence-electron chi connectivity index (χ0n) is 9.48. The van der Waals surface area contributed by atoms with Gasteiger partial charge < -0.3 is 10.0 Å². The highest BCUT2D eigenvalue weighted by Gasteiger charge is 2.14. The van der Waals surface area contributed by atoms with Gasteiger partial charge in [-0.15, -0.1) is 0 Å². The van der Waals surface area contributed by atoms with Crippen LogP contribution in [0.2, 0.25) is 0 Å². The topological polar surface area (TPSA) is 40.5 Å². The van der Waals surface area contributed by atoms with E-state index >= 15 is 0 Å². The van der Waals surface area contributed by atoms with Crippen LogP contribution in [0.25, 0.3) is 0 Å². The molecular formula is C12H16FNO2. The third-order valence-electron chi connectivity index (χ3n) is 2.39. The maximum Gasteiger partial charge on any atom is 0.152 e. The highest BCUT2D eigenvalue weighted by molar-refractivity contribution is 5.84. The van der Waals surface area contributed by atoms with Gasteiger partial charge in [-0.2, -0.15) is 0 Å². The highest BCUT2D eigenvalue weighted by Crippen LogP contribution is 2.22. The average Bonchev–Trinajstić information content (AvgIpc) is 2.26. The molecular weight excluding hydrogens is 209 g/mol. The van der Waals surface area contributed by atoms with Crippen molar-refractivity contribution in [2.75, 3.05) is 18.1 Å². The average molecular weight is 225 g/mol. The first-order valence-electron chi connectivity index (χ1n) is 5.22. The molecule has 1 N–H and O–H groups in total. The molecule has 0 fully saturated rings. The molecule has 1 aromatic rings. The summed E-state index contributed by atoms with van der Waals surface area (Å²) in [4.78, 5) is 12.7. The van der Waals surface area contributed by atoms with E-state index in [9.17, 15) is 9.18 Å². The Balaban J connectivity index is 3.12. The van der Waals surface area contributed by atoms with Crippen LogP contribution in [0.4, 0.5) is 10.1 Å². The van der Waals surface area contributed by atoms with Crippen LogP contribution < -0.4 is 4.90 Å². The van der Waals surface area contributed by atoms with E-state index in [1.165, 1.54) is 12.1 Å². The Morgan fingerprint density at radius 1 is 1.50 bits per heavy atom. The van der Waals surface area contributed by atoms with Gasteiger partial charge in [0.1, 0.15) is 5.82 Å². The van der Waals surface area contributed by atoms with Gasteiger partial charge in [0.2, 0.25) is 0 Å². The summed E-state index contributed by atoms with van der Waals surface area (Å²) in [6.07, 6.45) is 0.630. The van der Waals surface area contributed by atoms with Gasteiger partial charge in [-0.25, -0.2) is 4.39 Å². The van der Waals surface area contributed by atoms with Crippen LogP contribution in [-0.4, -0.2) is 30.6 Å². The lowest BCUT2D eigenvalue weighted by atomic mass is 10.1. The van der Waals surface area contributed by atoms with Crippen LogP contribution in [0.5, 0.6) is 0 Å². The first-order chi connectivity index (χ1) is 7.60. The van der Waals surface area contributed by atoms with E-state index < -0.39 is 5.82 Å². The molecule has 0 aliphatic heterocycles. The van der Waals surface area contributed by atoms with Crippen molar-refractivity contribution in [1.82, 2.24) is 0 Å². The van der Waals surface area contributed by atoms with Gasteiger partial charge >= 0.3 is 0 Å². The summed E-state index contributed by atoms with van der Waals surface area (Å²) in [6, 6.07) is 4.22. The summed E-state index contributed by atoms with van der Waals surface area (Å²) in [6.45, 7) is 4.32. The fourth-order valence-corrected chi connectivity index (χ4v) is 1.65. The van der Waals surface area contributed by atoms with Crippen molar-refractivity contribution in [3.63, 3.8) is 0 Å². The standard InChI is InChI=1S/C12H16FNO2/c1-9(2)14(5-6-15)12-4-3-11(13)7-10(12)8-16/h3-4,7-9,15H,5-6H2,1-2H3. The number of aldehydes is 1. The lowest BCUT2D eigenvalue weighted by molar-refractivity contribution is 0.112. The molecule has 0 aliphatic rings. The number of halogens is 1. The lowest BCUT2D eigenvalue weighted by Crippen LogP contribution is -2.34. The van der Waals surface area contributed by atoms with Crippen molar-refractivity contribution in [1.29, 1.82) is 0 Å². The smallest absolute Gasteiger partial charge is 0.152 e. The fraction of sp³-hybridized carbons (Fsp3) is 0.417. The van der Waals surface area contributed by atoms with Crippen molar-refractivity contribution in [3.05, 3.63) is 29.6 Å². The number of nitrogens with zero attached hydrogens (tertiary/aromatic N) is 1. The van der Waals surface area contributed by atoms with Crippen LogP contribution in [0, 0.1) is 5.82 Å². The van der Waals surface area contributed by atoms with E-state index in [-0.39, 0.29) is 12.6 Å². The van der Waals surface area contributed by atoms with E-state index in [4.69, 9.17) is 5.11 Å². The Labute approximate surface area is 94.5 Å². The maximum absolute atomic E-state index is 13.0. The molecule has 0 spiro atoms. The van der Waals surface area contributed by atoms with Crippen LogP contribution >= 0.6 is 0 Å². The minimum absolute atomic E-state index is 0.00610. The second kappa shape index (κ2) is 5.61. The number of aliphatic hydroxyl groups excluding tert-OH is 1. The number of anilines is 1. The molecule has 4 heteroatoms. The molecule has 0 saturated carbocycles. The number of rotatable bonds is 5. The van der Waals surface area contributed by atoms with Crippen molar-refractivity contribution >= 4 is 12.0 Å². The first-order valence-corrected chi connectivity index (χ1v) is 5.22. The fourth-order valence-electron chi connectivity index (χ4n) is 1.65. The van der Waals surface area contributed by atoms with Gasteiger partial charge in [-0.3, -0.25) is 4.79 Å². The van der Waals surface area contributed by atoms with Gasteiger partial charge in [0.25, 0.3) is 0 Å². The highest BCUT2D eigenvalue weighted by atomic mass is 19.1. The van der Waals surface area contributed by atoms with Gasteiger partial charge in [-0.1, -0.05) is 0 Å². The minimum Gasteiger partial charge on any atom is -0.395 e. The van der Waals surface area contributed by atoms with Crippen molar-refractivity contribution in [2.24, 2.45) is 0 Å². The van der Waals surface area contributed by atoms with Gasteiger partial charge in [0.15, 0.2) is 6.29 Å². The van der Waals surface area contributed by atoms with E-state index in [2.05, 4.69) is 0 Å². The minimum atomic E-state index is -0.432. The number of benzene rings is 1. The van der Waals surface area contributed by atoms with Crippen LogP contribution in [0.15, 0.2) is 18.2 Å². The summed E-state index contributed by atoms with van der Waals surface area (Å²) in [5.41, 5.74) is 0.961. The molecule has 1 rings (SSSR count).